The second kappa shape index (κ2) is 11.6. The fraction of sp³-hybridized carbons (Fsp3) is 0.667. The highest BCUT2D eigenvalue weighted by Crippen LogP contribution is 2.02. The van der Waals surface area contributed by atoms with Crippen molar-refractivity contribution in [2.45, 2.75) is 45.4 Å². The van der Waals surface area contributed by atoms with Crippen LogP contribution in [0.25, 0.3) is 0 Å². The summed E-state index contributed by atoms with van der Waals surface area (Å²) in [5.74, 6) is 6.94. The van der Waals surface area contributed by atoms with Gasteiger partial charge in [0.15, 0.2) is 0 Å². The van der Waals surface area contributed by atoms with Crippen LogP contribution in [-0.2, 0) is 0 Å². The molecule has 0 fully saturated rings. The molecule has 0 aromatic heterocycles. The molecular formula is C12H19Cl. The number of allylic oxidation sites excluding steroid dienone is 2. The Hall–Kier alpha value is -0.410. The van der Waals surface area contributed by atoms with Crippen LogP contribution < -0.4 is 0 Å². The first-order chi connectivity index (χ1) is 6.41. The lowest BCUT2D eigenvalue weighted by Crippen LogP contribution is -1.77. The molecule has 0 rings (SSSR count). The molecule has 0 saturated heterocycles. The minimum absolute atomic E-state index is 0.797. The molecule has 0 aliphatic rings. The van der Waals surface area contributed by atoms with Crippen LogP contribution in [0.4, 0.5) is 0 Å². The minimum Gasteiger partial charge on any atom is -0.127 e. The highest BCUT2D eigenvalue weighted by atomic mass is 35.5. The number of unbranched alkanes of at least 4 members (excludes halogenated alkanes) is 4. The van der Waals surface area contributed by atoms with Gasteiger partial charge in [0.2, 0.25) is 0 Å². The van der Waals surface area contributed by atoms with E-state index in [0.717, 1.165) is 25.1 Å². The van der Waals surface area contributed by atoms with E-state index in [0.29, 0.717) is 0 Å². The van der Waals surface area contributed by atoms with E-state index in [4.69, 9.17) is 11.6 Å². The quantitative estimate of drug-likeness (QED) is 0.342. The van der Waals surface area contributed by atoms with Gasteiger partial charge in [-0.15, -0.1) is 11.6 Å². The summed E-state index contributed by atoms with van der Waals surface area (Å²) in [7, 11) is 0. The monoisotopic (exact) mass is 198 g/mol. The first-order valence-corrected chi connectivity index (χ1v) is 5.64. The summed E-state index contributed by atoms with van der Waals surface area (Å²) in [5, 5.41) is 0. The van der Waals surface area contributed by atoms with Gasteiger partial charge in [-0.1, -0.05) is 37.7 Å². The molecule has 0 atom stereocenters. The summed E-state index contributed by atoms with van der Waals surface area (Å²) in [6, 6.07) is 0. The Bertz CT molecular complexity index is 171. The number of hydrogen-bond donors (Lipinski definition) is 0. The van der Waals surface area contributed by atoms with Crippen LogP contribution in [0.2, 0.25) is 0 Å². The van der Waals surface area contributed by atoms with E-state index >= 15 is 0 Å². The van der Waals surface area contributed by atoms with Gasteiger partial charge in [-0.05, 0) is 25.3 Å². The molecule has 0 unspecified atom stereocenters. The lowest BCUT2D eigenvalue weighted by molar-refractivity contribution is 0.682. The summed E-state index contributed by atoms with van der Waals surface area (Å²) in [5.41, 5.74) is 0. The molecule has 0 aliphatic carbocycles. The predicted octanol–water partition coefficient (Wildman–Crippen LogP) is 4.15. The van der Waals surface area contributed by atoms with Crippen molar-refractivity contribution in [3.63, 3.8) is 0 Å². The maximum Gasteiger partial charge on any atom is 0.0223 e. The fourth-order valence-corrected chi connectivity index (χ4v) is 1.16. The van der Waals surface area contributed by atoms with Crippen molar-refractivity contribution < 1.29 is 0 Å². The molecule has 0 aromatic carbocycles. The summed E-state index contributed by atoms with van der Waals surface area (Å²) >= 11 is 5.56. The van der Waals surface area contributed by atoms with Crippen molar-refractivity contribution in [1.29, 1.82) is 0 Å². The van der Waals surface area contributed by atoms with Crippen LogP contribution in [0, 0.1) is 11.8 Å². The molecule has 0 bridgehead atoms. The smallest absolute Gasteiger partial charge is 0.0223 e. The highest BCUT2D eigenvalue weighted by molar-refractivity contribution is 6.17. The van der Waals surface area contributed by atoms with Crippen molar-refractivity contribution in [2.75, 3.05) is 5.88 Å². The van der Waals surface area contributed by atoms with Crippen LogP contribution >= 0.6 is 11.6 Å². The lowest BCUT2D eigenvalue weighted by atomic mass is 10.1. The van der Waals surface area contributed by atoms with E-state index in [-0.39, 0.29) is 0 Å². The maximum atomic E-state index is 5.56. The Morgan fingerprint density at radius 2 is 1.92 bits per heavy atom. The molecule has 0 heterocycles. The van der Waals surface area contributed by atoms with E-state index in [1.165, 1.54) is 19.3 Å². The average Bonchev–Trinajstić information content (AvgIpc) is 2.16. The van der Waals surface area contributed by atoms with E-state index < -0.39 is 0 Å². The van der Waals surface area contributed by atoms with Gasteiger partial charge in [0, 0.05) is 12.3 Å². The summed E-state index contributed by atoms with van der Waals surface area (Å²) in [4.78, 5) is 0. The molecule has 0 aromatic rings. The first kappa shape index (κ1) is 12.6. The Balaban J connectivity index is 3.13. The molecular weight excluding hydrogens is 180 g/mol. The normalized spacial score (nSPS) is 10.0. The average molecular weight is 199 g/mol. The summed E-state index contributed by atoms with van der Waals surface area (Å²) in [6.45, 7) is 2.12. The van der Waals surface area contributed by atoms with Gasteiger partial charge in [0.05, 0.1) is 0 Å². The Labute approximate surface area is 87.4 Å². The van der Waals surface area contributed by atoms with Crippen LogP contribution in [0.5, 0.6) is 0 Å². The second-order valence-corrected chi connectivity index (χ2v) is 3.36. The van der Waals surface area contributed by atoms with E-state index in [1.807, 2.05) is 6.08 Å². The predicted molar refractivity (Wildman–Crippen MR) is 61.0 cm³/mol. The van der Waals surface area contributed by atoms with Gasteiger partial charge in [-0.3, -0.25) is 0 Å². The topological polar surface area (TPSA) is 0 Å². The zero-order valence-electron chi connectivity index (χ0n) is 8.48. The van der Waals surface area contributed by atoms with Gasteiger partial charge in [0.1, 0.15) is 0 Å². The van der Waals surface area contributed by atoms with Crippen molar-refractivity contribution in [3.8, 4) is 11.8 Å². The van der Waals surface area contributed by atoms with Crippen molar-refractivity contribution >= 4 is 11.6 Å². The summed E-state index contributed by atoms with van der Waals surface area (Å²) in [6.07, 6.45) is 11.0. The van der Waals surface area contributed by atoms with Crippen LogP contribution in [0.15, 0.2) is 12.2 Å². The molecule has 0 saturated carbocycles. The molecule has 0 amide bonds. The second-order valence-electron chi connectivity index (χ2n) is 2.98. The van der Waals surface area contributed by atoms with Gasteiger partial charge in [0.25, 0.3) is 0 Å². The number of halogens is 1. The third-order valence-corrected chi connectivity index (χ3v) is 1.99. The van der Waals surface area contributed by atoms with E-state index in [9.17, 15) is 0 Å². The van der Waals surface area contributed by atoms with Gasteiger partial charge < -0.3 is 0 Å². The lowest BCUT2D eigenvalue weighted by Gasteiger charge is -1.93. The van der Waals surface area contributed by atoms with Gasteiger partial charge in [-0.2, -0.15) is 0 Å². The maximum absolute atomic E-state index is 5.56. The SMILES string of the molecule is CCC=CC#CCCCCCCCl. The molecule has 0 nitrogen and oxygen atoms in total. The standard InChI is InChI=1S/C12H19Cl/c1-2-3-4-5-6-7-8-9-10-11-12-13/h3-4H,2,7-12H2,1H3. The minimum atomic E-state index is 0.797. The molecule has 13 heavy (non-hydrogen) atoms. The van der Waals surface area contributed by atoms with Gasteiger partial charge >= 0.3 is 0 Å². The zero-order chi connectivity index (χ0) is 9.78. The molecule has 74 valence electrons. The van der Waals surface area contributed by atoms with Crippen LogP contribution in [0.1, 0.15) is 45.4 Å². The van der Waals surface area contributed by atoms with Crippen molar-refractivity contribution in [3.05, 3.63) is 12.2 Å². The van der Waals surface area contributed by atoms with Crippen molar-refractivity contribution in [1.82, 2.24) is 0 Å². The largest absolute Gasteiger partial charge is 0.127 e. The Morgan fingerprint density at radius 1 is 1.15 bits per heavy atom. The van der Waals surface area contributed by atoms with E-state index in [2.05, 4.69) is 24.8 Å². The third-order valence-electron chi connectivity index (χ3n) is 1.72. The molecule has 1 heteroatoms. The van der Waals surface area contributed by atoms with Crippen LogP contribution in [-0.4, -0.2) is 5.88 Å². The number of alkyl halides is 1. The van der Waals surface area contributed by atoms with Gasteiger partial charge in [-0.25, -0.2) is 0 Å². The number of hydrogen-bond acceptors (Lipinski definition) is 0. The molecule has 0 spiro atoms. The van der Waals surface area contributed by atoms with Crippen molar-refractivity contribution in [2.24, 2.45) is 0 Å². The third kappa shape index (κ3) is 11.6. The summed E-state index contributed by atoms with van der Waals surface area (Å²) < 4.78 is 0. The van der Waals surface area contributed by atoms with Crippen LogP contribution in [0.3, 0.4) is 0 Å². The Morgan fingerprint density at radius 3 is 2.62 bits per heavy atom. The van der Waals surface area contributed by atoms with E-state index in [1.54, 1.807) is 0 Å². The highest BCUT2D eigenvalue weighted by Gasteiger charge is 1.86. The number of rotatable bonds is 6. The first-order valence-electron chi connectivity index (χ1n) is 5.11. The Kier molecular flexibility index (Phi) is 11.2. The zero-order valence-corrected chi connectivity index (χ0v) is 9.24. The molecule has 0 aliphatic heterocycles. The molecule has 0 radical (unpaired) electrons. The fourth-order valence-electron chi connectivity index (χ4n) is 0.969. The molecule has 0 N–H and O–H groups in total.